The third-order valence-corrected chi connectivity index (χ3v) is 4.94. The number of thioether (sulfide) groups is 1. The van der Waals surface area contributed by atoms with Crippen LogP contribution in [0.25, 0.3) is 5.69 Å². The first kappa shape index (κ1) is 18.6. The van der Waals surface area contributed by atoms with Gasteiger partial charge in [-0.05, 0) is 31.5 Å². The number of aromatic nitrogens is 3. The number of carbonyl (C=O) groups excluding carboxylic acids is 1. The summed E-state index contributed by atoms with van der Waals surface area (Å²) in [5, 5.41) is 22.3. The van der Waals surface area contributed by atoms with Gasteiger partial charge in [0.25, 0.3) is 5.69 Å². The maximum atomic E-state index is 12.3. The van der Waals surface area contributed by atoms with Crippen molar-refractivity contribution >= 4 is 29.0 Å². The van der Waals surface area contributed by atoms with Crippen LogP contribution in [0.2, 0.25) is 0 Å². The Balaban J connectivity index is 1.70. The molecule has 138 valence electrons. The first-order valence-corrected chi connectivity index (χ1v) is 9.08. The number of amides is 1. The molecule has 0 aliphatic rings. The van der Waals surface area contributed by atoms with Crippen molar-refractivity contribution in [2.24, 2.45) is 0 Å². The Morgan fingerprint density at radius 3 is 2.74 bits per heavy atom. The normalized spacial score (nSPS) is 10.6. The zero-order valence-corrected chi connectivity index (χ0v) is 15.6. The molecule has 0 saturated heterocycles. The predicted octanol–water partition coefficient (Wildman–Crippen LogP) is 3.52. The number of anilines is 1. The average Bonchev–Trinajstić information content (AvgIpc) is 3.10. The number of nitrogens with one attached hydrogen (secondary N) is 1. The Bertz CT molecular complexity index is 1000. The SMILES string of the molecule is Cc1ccccc1-n1cnnc1SCC(=O)Nc1cccc([N+](=O)[O-])c1C. The second-order valence-corrected chi connectivity index (χ2v) is 6.76. The number of para-hydroxylation sites is 1. The van der Waals surface area contributed by atoms with Crippen LogP contribution >= 0.6 is 11.8 Å². The molecule has 1 heterocycles. The van der Waals surface area contributed by atoms with Crippen LogP contribution in [0.15, 0.2) is 53.9 Å². The summed E-state index contributed by atoms with van der Waals surface area (Å²) in [6.45, 7) is 3.59. The number of aryl methyl sites for hydroxylation is 1. The van der Waals surface area contributed by atoms with Crippen molar-refractivity contribution in [1.82, 2.24) is 14.8 Å². The summed E-state index contributed by atoms with van der Waals surface area (Å²) in [6, 6.07) is 12.4. The lowest BCUT2D eigenvalue weighted by Gasteiger charge is -2.10. The second kappa shape index (κ2) is 8.00. The number of hydrogen-bond acceptors (Lipinski definition) is 6. The molecule has 0 radical (unpaired) electrons. The first-order valence-electron chi connectivity index (χ1n) is 8.10. The molecule has 27 heavy (non-hydrogen) atoms. The molecule has 0 saturated carbocycles. The summed E-state index contributed by atoms with van der Waals surface area (Å²) in [5.41, 5.74) is 2.83. The summed E-state index contributed by atoms with van der Waals surface area (Å²) in [6.07, 6.45) is 1.60. The highest BCUT2D eigenvalue weighted by Gasteiger charge is 2.16. The molecule has 0 bridgehead atoms. The summed E-state index contributed by atoms with van der Waals surface area (Å²) in [5.74, 6) is -0.171. The maximum absolute atomic E-state index is 12.3. The minimum absolute atomic E-state index is 0.0280. The fourth-order valence-electron chi connectivity index (χ4n) is 2.59. The van der Waals surface area contributed by atoms with Crippen LogP contribution in [0.4, 0.5) is 11.4 Å². The van der Waals surface area contributed by atoms with Gasteiger partial charge in [0.1, 0.15) is 6.33 Å². The number of benzene rings is 2. The number of nitro groups is 1. The second-order valence-electron chi connectivity index (χ2n) is 5.81. The minimum Gasteiger partial charge on any atom is -0.325 e. The van der Waals surface area contributed by atoms with Crippen molar-refractivity contribution < 1.29 is 9.72 Å². The van der Waals surface area contributed by atoms with E-state index in [2.05, 4.69) is 15.5 Å². The van der Waals surface area contributed by atoms with Gasteiger partial charge in [0.15, 0.2) is 5.16 Å². The molecule has 2 aromatic carbocycles. The minimum atomic E-state index is -0.468. The van der Waals surface area contributed by atoms with Crippen molar-refractivity contribution in [2.45, 2.75) is 19.0 Å². The van der Waals surface area contributed by atoms with Gasteiger partial charge in [-0.15, -0.1) is 10.2 Å². The number of rotatable bonds is 6. The van der Waals surface area contributed by atoms with Gasteiger partial charge < -0.3 is 5.32 Å². The van der Waals surface area contributed by atoms with Gasteiger partial charge >= 0.3 is 0 Å². The summed E-state index contributed by atoms with van der Waals surface area (Å²) in [4.78, 5) is 22.8. The zero-order valence-electron chi connectivity index (χ0n) is 14.7. The number of hydrogen-bond donors (Lipinski definition) is 1. The summed E-state index contributed by atoms with van der Waals surface area (Å²) < 4.78 is 1.83. The van der Waals surface area contributed by atoms with Gasteiger partial charge in [-0.3, -0.25) is 19.5 Å². The fourth-order valence-corrected chi connectivity index (χ4v) is 3.32. The molecule has 0 unspecified atom stereocenters. The lowest BCUT2D eigenvalue weighted by Crippen LogP contribution is -2.15. The third-order valence-electron chi connectivity index (χ3n) is 4.00. The van der Waals surface area contributed by atoms with E-state index >= 15 is 0 Å². The largest absolute Gasteiger partial charge is 0.325 e. The van der Waals surface area contributed by atoms with E-state index in [1.807, 2.05) is 35.8 Å². The Morgan fingerprint density at radius 1 is 1.22 bits per heavy atom. The quantitative estimate of drug-likeness (QED) is 0.397. The van der Waals surface area contributed by atoms with Gasteiger partial charge in [-0.25, -0.2) is 0 Å². The fraction of sp³-hybridized carbons (Fsp3) is 0.167. The van der Waals surface area contributed by atoms with Gasteiger partial charge in [0.05, 0.1) is 27.6 Å². The molecule has 0 spiro atoms. The highest BCUT2D eigenvalue weighted by atomic mass is 32.2. The molecule has 0 aliphatic heterocycles. The monoisotopic (exact) mass is 383 g/mol. The molecule has 0 atom stereocenters. The smallest absolute Gasteiger partial charge is 0.274 e. The number of nitro benzene ring substituents is 1. The Kier molecular flexibility index (Phi) is 5.51. The lowest BCUT2D eigenvalue weighted by atomic mass is 10.1. The standard InChI is InChI=1S/C18H17N5O3S/c1-12-6-3-4-8-15(12)22-11-19-21-18(22)27-10-17(24)20-14-7-5-9-16(13(14)2)23(25)26/h3-9,11H,10H2,1-2H3,(H,20,24). The lowest BCUT2D eigenvalue weighted by molar-refractivity contribution is -0.385. The van der Waals surface area contributed by atoms with E-state index in [-0.39, 0.29) is 17.3 Å². The molecule has 1 amide bonds. The topological polar surface area (TPSA) is 103 Å². The van der Waals surface area contributed by atoms with E-state index in [1.165, 1.54) is 17.8 Å². The Morgan fingerprint density at radius 2 is 2.00 bits per heavy atom. The Labute approximate surface area is 159 Å². The van der Waals surface area contributed by atoms with Crippen LogP contribution in [0.3, 0.4) is 0 Å². The van der Waals surface area contributed by atoms with Crippen LogP contribution in [0.1, 0.15) is 11.1 Å². The highest BCUT2D eigenvalue weighted by molar-refractivity contribution is 7.99. The summed E-state index contributed by atoms with van der Waals surface area (Å²) >= 11 is 1.24. The maximum Gasteiger partial charge on any atom is 0.274 e. The average molecular weight is 383 g/mol. The molecule has 0 aliphatic carbocycles. The molecule has 1 N–H and O–H groups in total. The van der Waals surface area contributed by atoms with Crippen molar-refractivity contribution in [2.75, 3.05) is 11.1 Å². The van der Waals surface area contributed by atoms with E-state index in [4.69, 9.17) is 0 Å². The van der Waals surface area contributed by atoms with E-state index in [9.17, 15) is 14.9 Å². The number of nitrogens with zero attached hydrogens (tertiary/aromatic N) is 4. The van der Waals surface area contributed by atoms with Gasteiger partial charge in [0.2, 0.25) is 5.91 Å². The van der Waals surface area contributed by atoms with Crippen LogP contribution in [0.5, 0.6) is 0 Å². The van der Waals surface area contributed by atoms with Gasteiger partial charge in [-0.1, -0.05) is 36.0 Å². The molecule has 3 rings (SSSR count). The van der Waals surface area contributed by atoms with Gasteiger partial charge in [0, 0.05) is 6.07 Å². The van der Waals surface area contributed by atoms with Crippen molar-refractivity contribution in [3.8, 4) is 5.69 Å². The van der Waals surface area contributed by atoms with Crippen molar-refractivity contribution in [3.05, 3.63) is 70.0 Å². The van der Waals surface area contributed by atoms with E-state index in [0.29, 0.717) is 16.4 Å². The molecule has 0 fully saturated rings. The molecule has 9 heteroatoms. The molecule has 1 aromatic heterocycles. The zero-order chi connectivity index (χ0) is 19.4. The van der Waals surface area contributed by atoms with Crippen LogP contribution in [-0.2, 0) is 4.79 Å². The third kappa shape index (κ3) is 4.14. The van der Waals surface area contributed by atoms with E-state index in [1.54, 1.807) is 25.4 Å². The van der Waals surface area contributed by atoms with E-state index < -0.39 is 4.92 Å². The van der Waals surface area contributed by atoms with Crippen LogP contribution < -0.4 is 5.32 Å². The van der Waals surface area contributed by atoms with Crippen molar-refractivity contribution in [1.29, 1.82) is 0 Å². The predicted molar refractivity (Wildman–Crippen MR) is 103 cm³/mol. The highest BCUT2D eigenvalue weighted by Crippen LogP contribution is 2.26. The van der Waals surface area contributed by atoms with E-state index in [0.717, 1.165) is 11.3 Å². The Hall–Kier alpha value is -3.20. The first-order chi connectivity index (χ1) is 13.0. The van der Waals surface area contributed by atoms with Crippen molar-refractivity contribution in [3.63, 3.8) is 0 Å². The molecule has 8 nitrogen and oxygen atoms in total. The molecular formula is C18H17N5O3S. The van der Waals surface area contributed by atoms with Crippen LogP contribution in [0, 0.1) is 24.0 Å². The summed E-state index contributed by atoms with van der Waals surface area (Å²) in [7, 11) is 0. The number of carbonyl (C=O) groups is 1. The molecule has 3 aromatic rings. The van der Waals surface area contributed by atoms with Gasteiger partial charge in [-0.2, -0.15) is 0 Å². The van der Waals surface area contributed by atoms with Crippen LogP contribution in [-0.4, -0.2) is 31.3 Å². The molecular weight excluding hydrogens is 366 g/mol.